The predicted octanol–water partition coefficient (Wildman–Crippen LogP) is 4.39. The highest BCUT2D eigenvalue weighted by molar-refractivity contribution is 9.10. The number of rotatable bonds is 2. The Bertz CT molecular complexity index is 842. The summed E-state index contributed by atoms with van der Waals surface area (Å²) in [5.41, 5.74) is 2.73. The van der Waals surface area contributed by atoms with E-state index in [1.165, 1.54) is 4.90 Å². The van der Waals surface area contributed by atoms with E-state index in [0.29, 0.717) is 22.4 Å². The van der Waals surface area contributed by atoms with Gasteiger partial charge in [-0.05, 0) is 54.3 Å². The number of fused-ring (bicyclic) bond motifs is 1. The number of nitrogens with zero attached hydrogens (tertiary/aromatic N) is 1. The van der Waals surface area contributed by atoms with Crippen LogP contribution in [0.4, 0.5) is 5.69 Å². The largest absolute Gasteiger partial charge is 0.508 e. The minimum absolute atomic E-state index is 0.0625. The van der Waals surface area contributed by atoms with Crippen LogP contribution in [-0.2, 0) is 0 Å². The molecule has 2 aromatic carbocycles. The van der Waals surface area contributed by atoms with Gasteiger partial charge in [0.05, 0.1) is 16.8 Å². The number of aromatic hydroxyl groups is 1. The molecular formula is C18H16BrNO3. The fourth-order valence-electron chi connectivity index (χ4n) is 2.79. The van der Waals surface area contributed by atoms with Crippen molar-refractivity contribution in [3.63, 3.8) is 0 Å². The van der Waals surface area contributed by atoms with E-state index in [-0.39, 0.29) is 23.5 Å². The number of hydrogen-bond donors (Lipinski definition) is 1. The summed E-state index contributed by atoms with van der Waals surface area (Å²) >= 11 is 3.33. The lowest BCUT2D eigenvalue weighted by Gasteiger charge is -2.21. The van der Waals surface area contributed by atoms with Gasteiger partial charge in [-0.3, -0.25) is 9.59 Å². The SMILES string of the molecule is Cc1cc(N2C(=O)c3ccc(Br)cc3C2=O)c(C(C)C)cc1O. The Balaban J connectivity index is 2.19. The summed E-state index contributed by atoms with van der Waals surface area (Å²) in [4.78, 5) is 26.7. The highest BCUT2D eigenvalue weighted by Crippen LogP contribution is 2.38. The average Bonchev–Trinajstić information content (AvgIpc) is 2.73. The molecule has 0 bridgehead atoms. The van der Waals surface area contributed by atoms with Crippen molar-refractivity contribution in [2.24, 2.45) is 0 Å². The number of aryl methyl sites for hydroxylation is 1. The van der Waals surface area contributed by atoms with E-state index in [9.17, 15) is 14.7 Å². The van der Waals surface area contributed by atoms with Gasteiger partial charge in [-0.1, -0.05) is 29.8 Å². The minimum atomic E-state index is -0.335. The number of benzene rings is 2. The van der Waals surface area contributed by atoms with Crippen molar-refractivity contribution in [1.82, 2.24) is 0 Å². The molecule has 3 rings (SSSR count). The van der Waals surface area contributed by atoms with Crippen LogP contribution in [0.1, 0.15) is 51.6 Å². The lowest BCUT2D eigenvalue weighted by molar-refractivity contribution is 0.0926. The molecule has 0 spiro atoms. The normalized spacial score (nSPS) is 13.9. The predicted molar refractivity (Wildman–Crippen MR) is 92.2 cm³/mol. The summed E-state index contributed by atoms with van der Waals surface area (Å²) in [6.07, 6.45) is 0. The molecule has 2 amide bonds. The molecule has 0 saturated carbocycles. The van der Waals surface area contributed by atoms with Crippen molar-refractivity contribution >= 4 is 33.4 Å². The van der Waals surface area contributed by atoms with Crippen molar-refractivity contribution in [3.05, 3.63) is 57.1 Å². The highest BCUT2D eigenvalue weighted by atomic mass is 79.9. The summed E-state index contributed by atoms with van der Waals surface area (Å²) in [7, 11) is 0. The fraction of sp³-hybridized carbons (Fsp3) is 0.222. The summed E-state index contributed by atoms with van der Waals surface area (Å²) in [5.74, 6) is -0.438. The third-order valence-electron chi connectivity index (χ3n) is 4.06. The van der Waals surface area contributed by atoms with Crippen LogP contribution < -0.4 is 4.90 Å². The molecule has 0 saturated heterocycles. The molecule has 1 aliphatic heterocycles. The Morgan fingerprint density at radius 1 is 1.04 bits per heavy atom. The zero-order valence-electron chi connectivity index (χ0n) is 13.1. The number of phenolic OH excluding ortho intramolecular Hbond substituents is 1. The fourth-order valence-corrected chi connectivity index (χ4v) is 3.15. The van der Waals surface area contributed by atoms with Crippen LogP contribution in [0.2, 0.25) is 0 Å². The molecule has 1 heterocycles. The second-order valence-electron chi connectivity index (χ2n) is 5.99. The number of halogens is 1. The number of carbonyl (C=O) groups excluding carboxylic acids is 2. The standard InChI is InChI=1S/C18H16BrNO3/c1-9(2)13-8-16(21)10(3)6-15(13)20-17(22)12-5-4-11(19)7-14(12)18(20)23/h4-9,21H,1-3H3. The Labute approximate surface area is 142 Å². The van der Waals surface area contributed by atoms with Crippen LogP contribution in [0.25, 0.3) is 0 Å². The number of phenols is 1. The molecule has 23 heavy (non-hydrogen) atoms. The van der Waals surface area contributed by atoms with Gasteiger partial charge in [-0.2, -0.15) is 0 Å². The summed E-state index contributed by atoms with van der Waals surface area (Å²) in [5, 5.41) is 9.96. The topological polar surface area (TPSA) is 57.6 Å². The average molecular weight is 374 g/mol. The number of anilines is 1. The molecule has 0 aromatic heterocycles. The highest BCUT2D eigenvalue weighted by Gasteiger charge is 2.38. The van der Waals surface area contributed by atoms with Gasteiger partial charge in [0, 0.05) is 4.47 Å². The van der Waals surface area contributed by atoms with Gasteiger partial charge in [-0.15, -0.1) is 0 Å². The Morgan fingerprint density at radius 3 is 2.35 bits per heavy atom. The second-order valence-corrected chi connectivity index (χ2v) is 6.90. The van der Waals surface area contributed by atoms with Gasteiger partial charge in [0.2, 0.25) is 0 Å². The van der Waals surface area contributed by atoms with Gasteiger partial charge < -0.3 is 5.11 Å². The number of amides is 2. The van der Waals surface area contributed by atoms with Crippen LogP contribution in [0.5, 0.6) is 5.75 Å². The zero-order valence-corrected chi connectivity index (χ0v) is 14.6. The third-order valence-corrected chi connectivity index (χ3v) is 4.55. The van der Waals surface area contributed by atoms with Crippen LogP contribution in [-0.4, -0.2) is 16.9 Å². The zero-order chi connectivity index (χ0) is 16.9. The molecule has 0 fully saturated rings. The molecule has 118 valence electrons. The maximum Gasteiger partial charge on any atom is 0.266 e. The molecule has 0 aliphatic carbocycles. The number of imide groups is 1. The smallest absolute Gasteiger partial charge is 0.266 e. The van der Waals surface area contributed by atoms with Crippen molar-refractivity contribution in [2.75, 3.05) is 4.90 Å². The molecule has 5 heteroatoms. The van der Waals surface area contributed by atoms with Crippen LogP contribution in [0.3, 0.4) is 0 Å². The number of carbonyl (C=O) groups is 2. The third kappa shape index (κ3) is 2.45. The van der Waals surface area contributed by atoms with Gasteiger partial charge in [0.15, 0.2) is 0 Å². The van der Waals surface area contributed by atoms with Gasteiger partial charge >= 0.3 is 0 Å². The van der Waals surface area contributed by atoms with E-state index in [1.54, 1.807) is 37.3 Å². The van der Waals surface area contributed by atoms with Crippen LogP contribution in [0, 0.1) is 6.92 Å². The summed E-state index contributed by atoms with van der Waals surface area (Å²) in [6.45, 7) is 5.67. The second kappa shape index (κ2) is 5.49. The van der Waals surface area contributed by atoms with Gasteiger partial charge in [0.1, 0.15) is 5.75 Å². The minimum Gasteiger partial charge on any atom is -0.508 e. The molecular weight excluding hydrogens is 358 g/mol. The maximum atomic E-state index is 12.8. The van der Waals surface area contributed by atoms with Crippen molar-refractivity contribution in [2.45, 2.75) is 26.7 Å². The Kier molecular flexibility index (Phi) is 3.76. The molecule has 0 atom stereocenters. The van der Waals surface area contributed by atoms with Crippen LogP contribution in [0.15, 0.2) is 34.8 Å². The Morgan fingerprint density at radius 2 is 1.70 bits per heavy atom. The first-order valence-corrected chi connectivity index (χ1v) is 8.12. The molecule has 0 unspecified atom stereocenters. The first-order chi connectivity index (χ1) is 10.8. The molecule has 1 N–H and O–H groups in total. The quantitative estimate of drug-likeness (QED) is 0.794. The van der Waals surface area contributed by atoms with E-state index in [2.05, 4.69) is 15.9 Å². The van der Waals surface area contributed by atoms with Crippen molar-refractivity contribution in [3.8, 4) is 5.75 Å². The van der Waals surface area contributed by atoms with Crippen LogP contribution >= 0.6 is 15.9 Å². The number of hydrogen-bond acceptors (Lipinski definition) is 3. The maximum absolute atomic E-state index is 12.8. The first kappa shape index (κ1) is 15.7. The molecule has 4 nitrogen and oxygen atoms in total. The summed E-state index contributed by atoms with van der Waals surface area (Å²) < 4.78 is 0.755. The van der Waals surface area contributed by atoms with E-state index in [4.69, 9.17) is 0 Å². The molecule has 1 aliphatic rings. The molecule has 2 aromatic rings. The van der Waals surface area contributed by atoms with E-state index in [1.807, 2.05) is 13.8 Å². The first-order valence-electron chi connectivity index (χ1n) is 7.33. The lowest BCUT2D eigenvalue weighted by Crippen LogP contribution is -2.30. The van der Waals surface area contributed by atoms with Gasteiger partial charge in [0.25, 0.3) is 11.8 Å². The molecule has 0 radical (unpaired) electrons. The van der Waals surface area contributed by atoms with E-state index in [0.717, 1.165) is 10.0 Å². The Hall–Kier alpha value is -2.14. The van der Waals surface area contributed by atoms with E-state index < -0.39 is 0 Å². The van der Waals surface area contributed by atoms with Crippen molar-refractivity contribution in [1.29, 1.82) is 0 Å². The lowest BCUT2D eigenvalue weighted by atomic mass is 9.98. The monoisotopic (exact) mass is 373 g/mol. The van der Waals surface area contributed by atoms with Crippen molar-refractivity contribution < 1.29 is 14.7 Å². The summed E-state index contributed by atoms with van der Waals surface area (Å²) in [6, 6.07) is 8.40. The van der Waals surface area contributed by atoms with Gasteiger partial charge in [-0.25, -0.2) is 4.90 Å². The van der Waals surface area contributed by atoms with E-state index >= 15 is 0 Å².